The Morgan fingerprint density at radius 3 is 2.69 bits per heavy atom. The molecule has 0 bridgehead atoms. The summed E-state index contributed by atoms with van der Waals surface area (Å²) in [6.07, 6.45) is 11.9. The van der Waals surface area contributed by atoms with Crippen LogP contribution in [0.2, 0.25) is 0 Å². The first-order valence-corrected chi connectivity index (χ1v) is 10.1. The van der Waals surface area contributed by atoms with Crippen LogP contribution in [0, 0.1) is 28.6 Å². The Labute approximate surface area is 155 Å². The molecule has 0 aromatic heterocycles. The maximum atomic E-state index is 11.9. The zero-order valence-corrected chi connectivity index (χ0v) is 15.8. The van der Waals surface area contributed by atoms with Crippen LogP contribution in [0.25, 0.3) is 0 Å². The molecule has 0 spiro atoms. The Kier molecular flexibility index (Phi) is 4.00. The third kappa shape index (κ3) is 2.37. The minimum Gasteiger partial charge on any atom is -0.481 e. The van der Waals surface area contributed by atoms with Gasteiger partial charge in [0.1, 0.15) is 0 Å². The molecule has 2 saturated carbocycles. The Morgan fingerprint density at radius 2 is 1.96 bits per heavy atom. The number of hydrogen-bond donors (Lipinski definition) is 2. The molecule has 0 unspecified atom stereocenters. The Hall–Kier alpha value is -1.42. The second-order valence-electron chi connectivity index (χ2n) is 9.55. The van der Waals surface area contributed by atoms with Gasteiger partial charge >= 0.3 is 5.97 Å². The zero-order chi connectivity index (χ0) is 18.7. The number of carboxylic acid groups (broad SMARTS) is 1. The quantitative estimate of drug-likeness (QED) is 0.802. The largest absolute Gasteiger partial charge is 0.481 e. The van der Waals surface area contributed by atoms with Gasteiger partial charge in [0, 0.05) is 12.8 Å². The van der Waals surface area contributed by atoms with Gasteiger partial charge in [-0.25, -0.2) is 0 Å². The van der Waals surface area contributed by atoms with Gasteiger partial charge in [-0.05, 0) is 78.8 Å². The highest BCUT2D eigenvalue weighted by Gasteiger charge is 2.62. The molecule has 2 fully saturated rings. The van der Waals surface area contributed by atoms with Crippen molar-refractivity contribution in [3.8, 4) is 0 Å². The first kappa shape index (κ1) is 18.0. The molecule has 6 atom stereocenters. The number of carbonyl (C=O) groups excluding carboxylic acids is 1. The summed E-state index contributed by atoms with van der Waals surface area (Å²) in [5.74, 6) is 0.748. The predicted molar refractivity (Wildman–Crippen MR) is 98.4 cm³/mol. The lowest BCUT2D eigenvalue weighted by Gasteiger charge is -2.57. The van der Waals surface area contributed by atoms with E-state index in [9.17, 15) is 14.7 Å². The van der Waals surface area contributed by atoms with Gasteiger partial charge < -0.3 is 10.2 Å². The summed E-state index contributed by atoms with van der Waals surface area (Å²) >= 11 is 0. The molecule has 26 heavy (non-hydrogen) atoms. The summed E-state index contributed by atoms with van der Waals surface area (Å²) in [6, 6.07) is 0. The van der Waals surface area contributed by atoms with Gasteiger partial charge in [0.2, 0.25) is 0 Å². The third-order valence-corrected chi connectivity index (χ3v) is 8.59. The normalized spacial score (nSPS) is 47.0. The molecule has 4 aliphatic carbocycles. The van der Waals surface area contributed by atoms with Crippen LogP contribution in [0.1, 0.15) is 65.2 Å². The average molecular weight is 359 g/mol. The van der Waals surface area contributed by atoms with Gasteiger partial charge in [-0.15, -0.1) is 0 Å². The molecule has 4 aliphatic rings. The minimum absolute atomic E-state index is 0.0372. The molecule has 0 amide bonds. The van der Waals surface area contributed by atoms with Gasteiger partial charge in [-0.2, -0.15) is 0 Å². The van der Waals surface area contributed by atoms with Crippen molar-refractivity contribution < 1.29 is 19.8 Å². The molecule has 2 N–H and O–H groups in total. The number of fused-ring (bicyclic) bond motifs is 5. The Bertz CT molecular complexity index is 707. The summed E-state index contributed by atoms with van der Waals surface area (Å²) in [7, 11) is 0. The van der Waals surface area contributed by atoms with E-state index >= 15 is 0 Å². The highest BCUT2D eigenvalue weighted by molar-refractivity contribution is 5.92. The second-order valence-corrected chi connectivity index (χ2v) is 9.55. The van der Waals surface area contributed by atoms with Crippen molar-refractivity contribution in [2.45, 2.75) is 70.8 Å². The number of carbonyl (C=O) groups is 2. The van der Waals surface area contributed by atoms with Crippen molar-refractivity contribution in [3.05, 3.63) is 23.8 Å². The van der Waals surface area contributed by atoms with E-state index in [0.717, 1.165) is 25.7 Å². The highest BCUT2D eigenvalue weighted by Crippen LogP contribution is 2.66. The fraction of sp³-hybridized carbons (Fsp3) is 0.727. The van der Waals surface area contributed by atoms with E-state index in [1.165, 1.54) is 5.57 Å². The SMILES string of the molecule is C[C@]12CCC(=[17O])C=C1C=C[C@@H]1[C@@H]2CC[C@@]2(C)[C@H]1CC[C@]2(O)CCC(=O)O. The van der Waals surface area contributed by atoms with E-state index in [-0.39, 0.29) is 23.0 Å². The number of hydrogen-bond acceptors (Lipinski definition) is 3. The van der Waals surface area contributed by atoms with E-state index in [2.05, 4.69) is 26.0 Å². The number of aliphatic carboxylic acids is 1. The van der Waals surface area contributed by atoms with Crippen LogP contribution in [0.3, 0.4) is 0 Å². The smallest absolute Gasteiger partial charge is 0.303 e. The molecule has 4 nitrogen and oxygen atoms in total. The third-order valence-electron chi connectivity index (χ3n) is 8.59. The summed E-state index contributed by atoms with van der Waals surface area (Å²) < 4.78 is 0. The van der Waals surface area contributed by atoms with E-state index in [0.29, 0.717) is 37.0 Å². The summed E-state index contributed by atoms with van der Waals surface area (Å²) in [4.78, 5) is 22.9. The van der Waals surface area contributed by atoms with Gasteiger partial charge in [-0.3, -0.25) is 9.59 Å². The molecule has 0 radical (unpaired) electrons. The highest BCUT2D eigenvalue weighted by atomic mass is 17.1. The van der Waals surface area contributed by atoms with Gasteiger partial charge in [0.05, 0.1) is 5.60 Å². The lowest BCUT2D eigenvalue weighted by Crippen LogP contribution is -2.53. The van der Waals surface area contributed by atoms with Crippen LogP contribution in [-0.4, -0.2) is 27.6 Å². The molecule has 0 aliphatic heterocycles. The maximum Gasteiger partial charge on any atom is 0.303 e. The number of ketones is 1. The predicted octanol–water partition coefficient (Wildman–Crippen LogP) is 3.89. The van der Waals surface area contributed by atoms with Crippen LogP contribution >= 0.6 is 0 Å². The Morgan fingerprint density at radius 1 is 1.23 bits per heavy atom. The van der Waals surface area contributed by atoms with Crippen LogP contribution < -0.4 is 0 Å². The van der Waals surface area contributed by atoms with E-state index in [1.807, 2.05) is 6.08 Å². The van der Waals surface area contributed by atoms with E-state index in [4.69, 9.17) is 5.11 Å². The van der Waals surface area contributed by atoms with Crippen LogP contribution in [0.5, 0.6) is 0 Å². The van der Waals surface area contributed by atoms with Crippen LogP contribution in [-0.2, 0) is 9.59 Å². The molecule has 142 valence electrons. The van der Waals surface area contributed by atoms with Crippen molar-refractivity contribution >= 4 is 11.8 Å². The summed E-state index contributed by atoms with van der Waals surface area (Å²) in [6.45, 7) is 4.51. The van der Waals surface area contributed by atoms with Crippen LogP contribution in [0.4, 0.5) is 0 Å². The number of carboxylic acids is 1. The van der Waals surface area contributed by atoms with Crippen LogP contribution in [0.15, 0.2) is 23.8 Å². The fourth-order valence-electron chi connectivity index (χ4n) is 6.83. The lowest BCUT2D eigenvalue weighted by atomic mass is 9.48. The van der Waals surface area contributed by atoms with Crippen molar-refractivity contribution in [1.82, 2.24) is 0 Å². The number of allylic oxidation sites excluding steroid dienone is 4. The Balaban J connectivity index is 1.66. The first-order chi connectivity index (χ1) is 12.2. The monoisotopic (exact) mass is 359 g/mol. The average Bonchev–Trinajstić information content (AvgIpc) is 2.86. The van der Waals surface area contributed by atoms with Gasteiger partial charge in [-0.1, -0.05) is 26.0 Å². The maximum absolute atomic E-state index is 11.9. The topological polar surface area (TPSA) is 74.6 Å². The zero-order valence-electron chi connectivity index (χ0n) is 15.8. The van der Waals surface area contributed by atoms with Gasteiger partial charge in [0.15, 0.2) is 5.78 Å². The molecule has 0 aromatic rings. The number of rotatable bonds is 3. The molecule has 4 rings (SSSR count). The summed E-state index contributed by atoms with van der Waals surface area (Å²) in [5.41, 5.74) is 0.179. The molecular formula is C22H30O4. The molecule has 0 heterocycles. The standard InChI is InChI=1S/C22H30O4/c1-20-9-5-15(23)13-14(20)3-4-16-17(20)6-10-21(2)18(16)7-11-22(21,26)12-8-19(24)25/h3-4,13,16-18,26H,5-12H2,1-2H3,(H,24,25)/t16-,17+,18+,20+,21+,22+/m1/s1/i23+1. The first-order valence-electron chi connectivity index (χ1n) is 10.1. The van der Waals surface area contributed by atoms with Crippen molar-refractivity contribution in [3.63, 3.8) is 0 Å². The minimum atomic E-state index is -0.867. The molecular weight excluding hydrogens is 329 g/mol. The van der Waals surface area contributed by atoms with E-state index < -0.39 is 11.6 Å². The van der Waals surface area contributed by atoms with Crippen molar-refractivity contribution in [2.75, 3.05) is 0 Å². The lowest BCUT2D eigenvalue weighted by molar-refractivity contribution is -0.144. The molecule has 4 heteroatoms. The van der Waals surface area contributed by atoms with E-state index in [1.54, 1.807) is 0 Å². The summed E-state index contributed by atoms with van der Waals surface area (Å²) in [5, 5.41) is 20.5. The number of aliphatic hydroxyl groups is 1. The molecule has 0 saturated heterocycles. The van der Waals surface area contributed by atoms with Crippen molar-refractivity contribution in [2.24, 2.45) is 28.6 Å². The fourth-order valence-corrected chi connectivity index (χ4v) is 6.83. The molecule has 0 aromatic carbocycles. The second kappa shape index (κ2) is 5.79. The van der Waals surface area contributed by atoms with Gasteiger partial charge in [0.25, 0.3) is 0 Å². The van der Waals surface area contributed by atoms with Crippen molar-refractivity contribution in [1.29, 1.82) is 0 Å².